The zero-order chi connectivity index (χ0) is 14.4. The molecule has 6 heteroatoms. The first-order valence-corrected chi connectivity index (χ1v) is 7.03. The Bertz CT molecular complexity index is 505. The number of likely N-dealkylation sites (tertiary alicyclic amines) is 1. The summed E-state index contributed by atoms with van der Waals surface area (Å²) in [4.78, 5) is 14.3. The van der Waals surface area contributed by atoms with Gasteiger partial charge in [-0.05, 0) is 32.8 Å². The van der Waals surface area contributed by atoms with Gasteiger partial charge in [0, 0.05) is 13.6 Å². The van der Waals surface area contributed by atoms with Gasteiger partial charge in [0.25, 0.3) is 5.91 Å². The lowest BCUT2D eigenvalue weighted by atomic mass is 9.96. The van der Waals surface area contributed by atoms with E-state index in [4.69, 9.17) is 23.2 Å². The fourth-order valence-electron chi connectivity index (χ4n) is 2.64. The highest BCUT2D eigenvalue weighted by Crippen LogP contribution is 2.31. The lowest BCUT2D eigenvalue weighted by Gasteiger charge is -2.33. The van der Waals surface area contributed by atoms with Crippen LogP contribution >= 0.6 is 23.2 Å². The second-order valence-electron chi connectivity index (χ2n) is 5.54. The van der Waals surface area contributed by atoms with E-state index in [0.717, 1.165) is 12.8 Å². The highest BCUT2D eigenvalue weighted by Gasteiger charge is 2.39. The van der Waals surface area contributed by atoms with Crippen molar-refractivity contribution >= 4 is 29.1 Å². The van der Waals surface area contributed by atoms with Crippen LogP contribution < -0.4 is 0 Å². The highest BCUT2D eigenvalue weighted by atomic mass is 35.5. The van der Waals surface area contributed by atoms with E-state index in [1.807, 2.05) is 0 Å². The Morgan fingerprint density at radius 3 is 2.58 bits per heavy atom. The Hall–Kier alpha value is -0.710. The molecule has 1 aromatic heterocycles. The molecule has 0 aliphatic carbocycles. The Kier molecular flexibility index (Phi) is 3.87. The van der Waals surface area contributed by atoms with E-state index >= 15 is 0 Å². The van der Waals surface area contributed by atoms with Crippen LogP contribution in [0.1, 0.15) is 37.2 Å². The van der Waals surface area contributed by atoms with Gasteiger partial charge in [0.05, 0.1) is 16.7 Å². The summed E-state index contributed by atoms with van der Waals surface area (Å²) in [7, 11) is 1.70. The summed E-state index contributed by atoms with van der Waals surface area (Å²) in [6.07, 6.45) is 1.70. The van der Waals surface area contributed by atoms with Gasteiger partial charge in [-0.1, -0.05) is 23.2 Å². The Balaban J connectivity index is 2.31. The molecule has 0 spiro atoms. The quantitative estimate of drug-likeness (QED) is 0.913. The number of halogens is 2. The van der Waals surface area contributed by atoms with E-state index in [2.05, 4.69) is 0 Å². The van der Waals surface area contributed by atoms with Crippen molar-refractivity contribution in [2.75, 3.05) is 6.54 Å². The fourth-order valence-corrected chi connectivity index (χ4v) is 3.01. The molecule has 1 fully saturated rings. The minimum atomic E-state index is -0.912. The number of hydrogen-bond acceptors (Lipinski definition) is 2. The van der Waals surface area contributed by atoms with Gasteiger partial charge in [0.2, 0.25) is 0 Å². The summed E-state index contributed by atoms with van der Waals surface area (Å²) in [5.41, 5.74) is -0.462. The molecule has 1 aliphatic heterocycles. The van der Waals surface area contributed by atoms with Crippen LogP contribution in [-0.2, 0) is 7.05 Å². The van der Waals surface area contributed by atoms with Crippen molar-refractivity contribution in [1.82, 2.24) is 9.47 Å². The maximum atomic E-state index is 12.6. The molecular formula is C13H18Cl2N2O2. The number of amides is 1. The van der Waals surface area contributed by atoms with Gasteiger partial charge in [-0.15, -0.1) is 0 Å². The van der Waals surface area contributed by atoms with Gasteiger partial charge in [-0.2, -0.15) is 0 Å². The smallest absolute Gasteiger partial charge is 0.270 e. The van der Waals surface area contributed by atoms with E-state index in [0.29, 0.717) is 22.4 Å². The van der Waals surface area contributed by atoms with Gasteiger partial charge in [-0.25, -0.2) is 0 Å². The van der Waals surface area contributed by atoms with Crippen molar-refractivity contribution in [3.63, 3.8) is 0 Å². The second-order valence-corrected chi connectivity index (χ2v) is 6.30. The third kappa shape index (κ3) is 2.62. The van der Waals surface area contributed by atoms with Crippen LogP contribution in [0.3, 0.4) is 0 Å². The normalized spacial score (nSPS) is 20.1. The molecule has 19 heavy (non-hydrogen) atoms. The Morgan fingerprint density at radius 2 is 2.11 bits per heavy atom. The van der Waals surface area contributed by atoms with Gasteiger partial charge in [-0.3, -0.25) is 4.79 Å². The van der Waals surface area contributed by atoms with E-state index in [1.165, 1.54) is 0 Å². The molecule has 2 rings (SSSR count). The predicted octanol–water partition coefficient (Wildman–Crippen LogP) is 2.71. The summed E-state index contributed by atoms with van der Waals surface area (Å²) < 4.78 is 1.58. The third-order valence-electron chi connectivity index (χ3n) is 3.66. The zero-order valence-corrected chi connectivity index (χ0v) is 12.8. The minimum Gasteiger partial charge on any atom is -0.388 e. The highest BCUT2D eigenvalue weighted by molar-refractivity contribution is 6.41. The first-order valence-electron chi connectivity index (χ1n) is 6.27. The molecule has 1 unspecified atom stereocenters. The van der Waals surface area contributed by atoms with Crippen molar-refractivity contribution in [1.29, 1.82) is 0 Å². The van der Waals surface area contributed by atoms with Crippen LogP contribution in [0.15, 0.2) is 6.07 Å². The van der Waals surface area contributed by atoms with Gasteiger partial charge >= 0.3 is 0 Å². The molecule has 1 saturated heterocycles. The number of carbonyl (C=O) groups is 1. The predicted molar refractivity (Wildman–Crippen MR) is 75.8 cm³/mol. The maximum absolute atomic E-state index is 12.6. The van der Waals surface area contributed by atoms with Gasteiger partial charge in [0.1, 0.15) is 10.8 Å². The maximum Gasteiger partial charge on any atom is 0.270 e. The summed E-state index contributed by atoms with van der Waals surface area (Å²) in [6.45, 7) is 4.11. The Labute approximate surface area is 122 Å². The number of aromatic nitrogens is 1. The van der Waals surface area contributed by atoms with Crippen molar-refractivity contribution in [3.05, 3.63) is 21.9 Å². The van der Waals surface area contributed by atoms with E-state index in [1.54, 1.807) is 36.4 Å². The molecule has 4 nitrogen and oxygen atoms in total. The lowest BCUT2D eigenvalue weighted by Crippen LogP contribution is -2.48. The van der Waals surface area contributed by atoms with Crippen molar-refractivity contribution in [2.24, 2.45) is 7.05 Å². The number of aliphatic hydroxyl groups is 1. The molecule has 1 aliphatic rings. The molecule has 0 bridgehead atoms. The molecule has 0 radical (unpaired) electrons. The first-order chi connectivity index (χ1) is 8.73. The monoisotopic (exact) mass is 304 g/mol. The van der Waals surface area contributed by atoms with Crippen molar-refractivity contribution in [2.45, 2.75) is 38.3 Å². The summed E-state index contributed by atoms with van der Waals surface area (Å²) in [6, 6.07) is 1.40. The molecule has 1 aromatic rings. The van der Waals surface area contributed by atoms with E-state index in [-0.39, 0.29) is 11.9 Å². The second kappa shape index (κ2) is 5.00. The fraction of sp³-hybridized carbons (Fsp3) is 0.615. The molecule has 1 amide bonds. The topological polar surface area (TPSA) is 45.5 Å². The van der Waals surface area contributed by atoms with Crippen LogP contribution in [0.4, 0.5) is 0 Å². The summed E-state index contributed by atoms with van der Waals surface area (Å²) in [5.74, 6) is -0.138. The number of nitrogens with zero attached hydrogens (tertiary/aromatic N) is 2. The number of rotatable bonds is 2. The molecule has 106 valence electrons. The average molecular weight is 305 g/mol. The molecule has 1 atom stereocenters. The lowest BCUT2D eigenvalue weighted by molar-refractivity contribution is -0.0000156. The van der Waals surface area contributed by atoms with E-state index < -0.39 is 5.60 Å². The molecule has 0 saturated carbocycles. The van der Waals surface area contributed by atoms with Crippen LogP contribution in [0.5, 0.6) is 0 Å². The van der Waals surface area contributed by atoms with Gasteiger partial charge in [0.15, 0.2) is 0 Å². The molecule has 2 heterocycles. The van der Waals surface area contributed by atoms with Crippen LogP contribution in [0, 0.1) is 0 Å². The zero-order valence-electron chi connectivity index (χ0n) is 11.3. The third-order valence-corrected chi connectivity index (χ3v) is 4.51. The first kappa shape index (κ1) is 14.7. The SMILES string of the molecule is Cn1c(C(=O)N2CCCC2C(C)(C)O)cc(Cl)c1Cl. The average Bonchev–Trinajstić information content (AvgIpc) is 2.89. The largest absolute Gasteiger partial charge is 0.388 e. The van der Waals surface area contributed by atoms with Crippen molar-refractivity contribution in [3.8, 4) is 0 Å². The van der Waals surface area contributed by atoms with Crippen molar-refractivity contribution < 1.29 is 9.90 Å². The Morgan fingerprint density at radius 1 is 1.47 bits per heavy atom. The minimum absolute atomic E-state index is 0.138. The van der Waals surface area contributed by atoms with Crippen LogP contribution in [0.2, 0.25) is 10.2 Å². The molecule has 0 aromatic carbocycles. The van der Waals surface area contributed by atoms with Crippen LogP contribution in [-0.4, -0.2) is 38.7 Å². The molecule has 1 N–H and O–H groups in total. The standard InChI is InChI=1S/C13H18Cl2N2O2/c1-13(2,19)10-5-4-6-17(10)12(18)9-7-8(14)11(15)16(9)3/h7,10,19H,4-6H2,1-3H3. The summed E-state index contributed by atoms with van der Waals surface area (Å²) in [5, 5.41) is 10.9. The molecular weight excluding hydrogens is 287 g/mol. The number of hydrogen-bond donors (Lipinski definition) is 1. The summed E-state index contributed by atoms with van der Waals surface area (Å²) >= 11 is 11.9. The van der Waals surface area contributed by atoms with E-state index in [9.17, 15) is 9.90 Å². The van der Waals surface area contributed by atoms with Gasteiger partial charge < -0.3 is 14.6 Å². The number of carbonyl (C=O) groups excluding carboxylic acids is 1. The van der Waals surface area contributed by atoms with Crippen LogP contribution in [0.25, 0.3) is 0 Å².